The van der Waals surface area contributed by atoms with Crippen LogP contribution in [-0.2, 0) is 45.9 Å². The van der Waals surface area contributed by atoms with Crippen molar-refractivity contribution in [1.82, 2.24) is 30.2 Å². The summed E-state index contributed by atoms with van der Waals surface area (Å²) in [6.45, 7) is 0.929. The predicted octanol–water partition coefficient (Wildman–Crippen LogP) is 1.96. The van der Waals surface area contributed by atoms with Gasteiger partial charge in [-0.2, -0.15) is 5.10 Å². The van der Waals surface area contributed by atoms with Crippen LogP contribution in [0.25, 0.3) is 11.1 Å². The van der Waals surface area contributed by atoms with E-state index in [1.807, 2.05) is 36.4 Å². The van der Waals surface area contributed by atoms with Gasteiger partial charge in [0.1, 0.15) is 18.6 Å². The number of hydrogen-bond acceptors (Lipinski definition) is 5. The molecule has 2 N–H and O–H groups in total. The third kappa shape index (κ3) is 4.35. The molecule has 1 aromatic heterocycles. The lowest BCUT2D eigenvalue weighted by Crippen LogP contribution is -2.44. The molecular formula is C29H30N6O4. The zero-order chi connectivity index (χ0) is 27.1. The lowest BCUT2D eigenvalue weighted by molar-refractivity contribution is -0.139. The standard InChI is InChI=1S/C29H30N6O4/c1-30-25(36)17-34-16-23(14-31-34)20-8-9-24-21(13-20)10-11-29(24)27(38)35(28(39)32-29)18-26(37)33-12-4-7-19-5-2-3-6-22(19)15-33/h2-3,5-6,8-9,13-14,16H,4,7,10-12,15,17-18H2,1H3,(H,30,36)(H,32,39). The lowest BCUT2D eigenvalue weighted by atomic mass is 9.90. The van der Waals surface area contributed by atoms with E-state index in [2.05, 4.69) is 21.8 Å². The fourth-order valence-electron chi connectivity index (χ4n) is 5.95. The Hall–Kier alpha value is -4.47. The quantitative estimate of drug-likeness (QED) is 0.493. The van der Waals surface area contributed by atoms with Crippen LogP contribution in [0.15, 0.2) is 54.9 Å². The van der Waals surface area contributed by atoms with Crippen molar-refractivity contribution >= 4 is 23.8 Å². The van der Waals surface area contributed by atoms with Gasteiger partial charge in [0, 0.05) is 31.9 Å². The summed E-state index contributed by atoms with van der Waals surface area (Å²) in [7, 11) is 1.58. The molecule has 5 amide bonds. The summed E-state index contributed by atoms with van der Waals surface area (Å²) in [5.41, 5.74) is 4.70. The highest BCUT2D eigenvalue weighted by atomic mass is 16.2. The van der Waals surface area contributed by atoms with Crippen molar-refractivity contribution in [1.29, 1.82) is 0 Å². The summed E-state index contributed by atoms with van der Waals surface area (Å²) < 4.78 is 1.57. The van der Waals surface area contributed by atoms with Crippen LogP contribution < -0.4 is 10.6 Å². The number of carbonyl (C=O) groups excluding carboxylic acids is 4. The van der Waals surface area contributed by atoms with Crippen molar-refractivity contribution in [3.8, 4) is 11.1 Å². The molecule has 1 saturated heterocycles. The molecule has 1 fully saturated rings. The maximum Gasteiger partial charge on any atom is 0.325 e. The molecule has 1 atom stereocenters. The summed E-state index contributed by atoms with van der Waals surface area (Å²) in [4.78, 5) is 54.5. The summed E-state index contributed by atoms with van der Waals surface area (Å²) in [6, 6.07) is 13.3. The lowest BCUT2D eigenvalue weighted by Gasteiger charge is -2.25. The molecule has 2 aromatic carbocycles. The van der Waals surface area contributed by atoms with E-state index in [9.17, 15) is 19.2 Å². The molecule has 10 heteroatoms. The largest absolute Gasteiger partial charge is 0.358 e. The number of benzene rings is 2. The predicted molar refractivity (Wildman–Crippen MR) is 142 cm³/mol. The van der Waals surface area contributed by atoms with Crippen LogP contribution in [0.5, 0.6) is 0 Å². The number of fused-ring (bicyclic) bond motifs is 3. The molecular weight excluding hydrogens is 496 g/mol. The average Bonchev–Trinajstić information content (AvgIpc) is 3.56. The molecule has 2 aliphatic heterocycles. The second-order valence-electron chi connectivity index (χ2n) is 10.4. The van der Waals surface area contributed by atoms with Gasteiger partial charge in [0.15, 0.2) is 0 Å². The third-order valence-electron chi connectivity index (χ3n) is 8.06. The van der Waals surface area contributed by atoms with Gasteiger partial charge in [-0.1, -0.05) is 42.5 Å². The van der Waals surface area contributed by atoms with Gasteiger partial charge in [-0.25, -0.2) is 4.79 Å². The van der Waals surface area contributed by atoms with Crippen LogP contribution in [0.1, 0.15) is 35.1 Å². The topological polar surface area (TPSA) is 117 Å². The number of hydrogen-bond donors (Lipinski definition) is 2. The van der Waals surface area contributed by atoms with Gasteiger partial charge in [-0.05, 0) is 53.5 Å². The van der Waals surface area contributed by atoms with Crippen LogP contribution in [0.3, 0.4) is 0 Å². The maximum atomic E-state index is 13.7. The average molecular weight is 527 g/mol. The smallest absolute Gasteiger partial charge is 0.325 e. The van der Waals surface area contributed by atoms with Crippen molar-refractivity contribution in [2.75, 3.05) is 20.1 Å². The number of aromatic nitrogens is 2. The number of nitrogens with zero attached hydrogens (tertiary/aromatic N) is 4. The van der Waals surface area contributed by atoms with Crippen LogP contribution in [0.2, 0.25) is 0 Å². The number of amides is 5. The van der Waals surface area contributed by atoms with Crippen LogP contribution in [0, 0.1) is 0 Å². The Morgan fingerprint density at radius 2 is 1.85 bits per heavy atom. The van der Waals surface area contributed by atoms with E-state index >= 15 is 0 Å². The van der Waals surface area contributed by atoms with Gasteiger partial charge in [-0.3, -0.25) is 24.0 Å². The normalized spacial score (nSPS) is 20.0. The summed E-state index contributed by atoms with van der Waals surface area (Å²) >= 11 is 0. The van der Waals surface area contributed by atoms with Crippen LogP contribution in [0.4, 0.5) is 4.79 Å². The van der Waals surface area contributed by atoms with Gasteiger partial charge in [0.05, 0.1) is 6.20 Å². The van der Waals surface area contributed by atoms with E-state index in [0.29, 0.717) is 25.9 Å². The number of imide groups is 1. The van der Waals surface area contributed by atoms with Crippen molar-refractivity contribution < 1.29 is 19.2 Å². The second-order valence-corrected chi connectivity index (χ2v) is 10.4. The molecule has 3 aliphatic rings. The third-order valence-corrected chi connectivity index (χ3v) is 8.06. The first-order valence-electron chi connectivity index (χ1n) is 13.2. The Balaban J connectivity index is 1.19. The highest BCUT2D eigenvalue weighted by Gasteiger charge is 2.55. The van der Waals surface area contributed by atoms with Crippen LogP contribution >= 0.6 is 0 Å². The molecule has 0 bridgehead atoms. The van der Waals surface area contributed by atoms with Crippen molar-refractivity contribution in [2.45, 2.75) is 44.3 Å². The van der Waals surface area contributed by atoms with E-state index in [1.165, 1.54) is 5.56 Å². The number of likely N-dealkylation sites (N-methyl/N-ethyl adjacent to an activating group) is 1. The molecule has 1 unspecified atom stereocenters. The fourth-order valence-corrected chi connectivity index (χ4v) is 5.95. The summed E-state index contributed by atoms with van der Waals surface area (Å²) in [6.07, 6.45) is 6.30. The molecule has 6 rings (SSSR count). The molecule has 200 valence electrons. The fraction of sp³-hybridized carbons (Fsp3) is 0.345. The van der Waals surface area contributed by atoms with E-state index in [0.717, 1.165) is 45.6 Å². The number of urea groups is 1. The van der Waals surface area contributed by atoms with Crippen molar-refractivity contribution in [2.24, 2.45) is 0 Å². The Labute approximate surface area is 226 Å². The number of carbonyl (C=O) groups is 4. The van der Waals surface area contributed by atoms with Gasteiger partial charge >= 0.3 is 6.03 Å². The Morgan fingerprint density at radius 1 is 1.03 bits per heavy atom. The SMILES string of the molecule is CNC(=O)Cn1cc(-c2ccc3c(c2)CCC32NC(=O)N(CC(=O)N3CCCc4ccccc4C3)C2=O)cn1. The number of nitrogens with one attached hydrogen (secondary N) is 2. The minimum absolute atomic E-state index is 0.129. The zero-order valence-electron chi connectivity index (χ0n) is 21.8. The minimum atomic E-state index is -1.15. The van der Waals surface area contributed by atoms with Gasteiger partial charge in [0.25, 0.3) is 5.91 Å². The number of rotatable bonds is 5. The first-order chi connectivity index (χ1) is 18.9. The first-order valence-corrected chi connectivity index (χ1v) is 13.2. The highest BCUT2D eigenvalue weighted by molar-refractivity contribution is 6.10. The Morgan fingerprint density at radius 3 is 2.67 bits per heavy atom. The van der Waals surface area contributed by atoms with Crippen LogP contribution in [-0.4, -0.2) is 63.5 Å². The Kier molecular flexibility index (Phi) is 6.17. The minimum Gasteiger partial charge on any atom is -0.358 e. The van der Waals surface area contributed by atoms with E-state index in [1.54, 1.807) is 29.0 Å². The maximum absolute atomic E-state index is 13.7. The van der Waals surface area contributed by atoms with Gasteiger partial charge in [-0.15, -0.1) is 0 Å². The Bertz CT molecular complexity index is 1500. The molecule has 10 nitrogen and oxygen atoms in total. The molecule has 1 spiro atoms. The second kappa shape index (κ2) is 9.68. The van der Waals surface area contributed by atoms with Gasteiger partial charge < -0.3 is 15.5 Å². The summed E-state index contributed by atoms with van der Waals surface area (Å²) in [5, 5.41) is 9.76. The van der Waals surface area contributed by atoms with E-state index in [4.69, 9.17) is 0 Å². The van der Waals surface area contributed by atoms with E-state index in [-0.39, 0.29) is 30.8 Å². The van der Waals surface area contributed by atoms with Crippen molar-refractivity contribution in [3.63, 3.8) is 0 Å². The molecule has 0 saturated carbocycles. The molecule has 1 aliphatic carbocycles. The summed E-state index contributed by atoms with van der Waals surface area (Å²) in [5.74, 6) is -0.740. The first kappa shape index (κ1) is 24.8. The molecule has 3 aromatic rings. The van der Waals surface area contributed by atoms with Crippen molar-refractivity contribution in [3.05, 3.63) is 77.1 Å². The zero-order valence-corrected chi connectivity index (χ0v) is 21.8. The molecule has 3 heterocycles. The number of aryl methyl sites for hydroxylation is 2. The van der Waals surface area contributed by atoms with Gasteiger partial charge in [0.2, 0.25) is 11.8 Å². The molecule has 0 radical (unpaired) electrons. The van der Waals surface area contributed by atoms with E-state index < -0.39 is 11.6 Å². The highest BCUT2D eigenvalue weighted by Crippen LogP contribution is 2.42. The molecule has 39 heavy (non-hydrogen) atoms. The monoisotopic (exact) mass is 526 g/mol.